The van der Waals surface area contributed by atoms with Crippen molar-refractivity contribution < 1.29 is 14.4 Å². The molecular formula is C13H18BClO3. The average Bonchev–Trinajstić information content (AvgIpc) is 2.42. The Morgan fingerprint density at radius 2 is 1.61 bits per heavy atom. The Kier molecular flexibility index (Phi) is 3.17. The molecule has 1 aliphatic rings. The van der Waals surface area contributed by atoms with Gasteiger partial charge < -0.3 is 14.4 Å². The van der Waals surface area contributed by atoms with Gasteiger partial charge in [-0.25, -0.2) is 0 Å². The molecule has 1 saturated heterocycles. The summed E-state index contributed by atoms with van der Waals surface area (Å²) < 4.78 is 11.9. The third-order valence-electron chi connectivity index (χ3n) is 3.84. The first kappa shape index (κ1) is 13.7. The molecule has 0 amide bonds. The zero-order valence-electron chi connectivity index (χ0n) is 11.4. The Hall–Kier alpha value is -0.705. The van der Waals surface area contributed by atoms with Crippen molar-refractivity contribution in [3.8, 4) is 5.75 Å². The lowest BCUT2D eigenvalue weighted by molar-refractivity contribution is 0.00578. The van der Waals surface area contributed by atoms with E-state index in [-0.39, 0.29) is 17.0 Å². The maximum Gasteiger partial charge on any atom is 0.495 e. The van der Waals surface area contributed by atoms with Crippen LogP contribution in [0.25, 0.3) is 0 Å². The highest BCUT2D eigenvalue weighted by atomic mass is 35.5. The molecule has 1 heterocycles. The fourth-order valence-electron chi connectivity index (χ4n) is 1.91. The second-order valence-electron chi connectivity index (χ2n) is 5.75. The lowest BCUT2D eigenvalue weighted by Crippen LogP contribution is -2.41. The molecule has 0 radical (unpaired) electrons. The Bertz CT molecular complexity index is 469. The quantitative estimate of drug-likeness (QED) is 0.796. The molecule has 0 bridgehead atoms. The van der Waals surface area contributed by atoms with Gasteiger partial charge in [-0.15, -0.1) is 0 Å². The highest BCUT2D eigenvalue weighted by Crippen LogP contribution is 2.37. The standard InChI is InChI=1S/C13H18BClO3/c1-8-6-11(16)10(15)7-9(8)14-17-12(2,3)13(4,5)18-14/h6-7,16H,1-5H3. The summed E-state index contributed by atoms with van der Waals surface area (Å²) in [7, 11) is -0.451. The maximum atomic E-state index is 9.56. The van der Waals surface area contributed by atoms with Crippen molar-refractivity contribution in [1.29, 1.82) is 0 Å². The number of phenols is 1. The number of rotatable bonds is 1. The minimum Gasteiger partial charge on any atom is -0.506 e. The zero-order chi connectivity index (χ0) is 13.7. The third-order valence-corrected chi connectivity index (χ3v) is 4.15. The summed E-state index contributed by atoms with van der Waals surface area (Å²) in [6.07, 6.45) is 0. The average molecular weight is 269 g/mol. The van der Waals surface area contributed by atoms with E-state index in [2.05, 4.69) is 0 Å². The fraction of sp³-hybridized carbons (Fsp3) is 0.538. The van der Waals surface area contributed by atoms with E-state index in [4.69, 9.17) is 20.9 Å². The third kappa shape index (κ3) is 2.13. The summed E-state index contributed by atoms with van der Waals surface area (Å²) in [6, 6.07) is 3.33. The van der Waals surface area contributed by atoms with Crippen molar-refractivity contribution in [2.45, 2.75) is 45.8 Å². The van der Waals surface area contributed by atoms with Crippen LogP contribution in [0.3, 0.4) is 0 Å². The molecule has 0 saturated carbocycles. The second-order valence-corrected chi connectivity index (χ2v) is 6.16. The molecule has 1 aliphatic heterocycles. The summed E-state index contributed by atoms with van der Waals surface area (Å²) >= 11 is 5.95. The van der Waals surface area contributed by atoms with Crippen molar-refractivity contribution in [1.82, 2.24) is 0 Å². The van der Waals surface area contributed by atoms with Gasteiger partial charge in [-0.05, 0) is 57.8 Å². The number of benzene rings is 1. The van der Waals surface area contributed by atoms with Gasteiger partial charge in [0.15, 0.2) is 0 Å². The first-order valence-corrected chi connectivity index (χ1v) is 6.36. The summed E-state index contributed by atoms with van der Waals surface area (Å²) in [6.45, 7) is 9.92. The van der Waals surface area contributed by atoms with Crippen LogP contribution < -0.4 is 5.46 Å². The van der Waals surface area contributed by atoms with Gasteiger partial charge in [0.1, 0.15) is 5.75 Å². The molecule has 1 fully saturated rings. The Morgan fingerprint density at radius 3 is 2.11 bits per heavy atom. The topological polar surface area (TPSA) is 38.7 Å². The van der Waals surface area contributed by atoms with Crippen molar-refractivity contribution in [2.24, 2.45) is 0 Å². The van der Waals surface area contributed by atoms with Gasteiger partial charge in [-0.1, -0.05) is 11.6 Å². The fourth-order valence-corrected chi connectivity index (χ4v) is 2.08. The van der Waals surface area contributed by atoms with E-state index in [0.29, 0.717) is 5.02 Å². The molecule has 0 aromatic heterocycles. The molecular weight excluding hydrogens is 250 g/mol. The lowest BCUT2D eigenvalue weighted by atomic mass is 9.76. The van der Waals surface area contributed by atoms with E-state index in [9.17, 15) is 5.11 Å². The van der Waals surface area contributed by atoms with Gasteiger partial charge >= 0.3 is 7.12 Å². The Balaban J connectivity index is 2.38. The van der Waals surface area contributed by atoms with Crippen LogP contribution in [-0.4, -0.2) is 23.4 Å². The summed E-state index contributed by atoms with van der Waals surface area (Å²) in [5.74, 6) is 0.0782. The maximum absolute atomic E-state index is 9.56. The largest absolute Gasteiger partial charge is 0.506 e. The molecule has 98 valence electrons. The number of hydrogen-bond donors (Lipinski definition) is 1. The van der Waals surface area contributed by atoms with Crippen molar-refractivity contribution in [2.75, 3.05) is 0 Å². The van der Waals surface area contributed by atoms with Crippen LogP contribution in [0.2, 0.25) is 5.02 Å². The van der Waals surface area contributed by atoms with E-state index in [1.54, 1.807) is 12.1 Å². The smallest absolute Gasteiger partial charge is 0.495 e. The number of aryl methyl sites for hydroxylation is 1. The van der Waals surface area contributed by atoms with Gasteiger partial charge in [0.2, 0.25) is 0 Å². The monoisotopic (exact) mass is 268 g/mol. The number of phenolic OH excluding ortho intramolecular Hbond substituents is 1. The molecule has 0 spiro atoms. The highest BCUT2D eigenvalue weighted by Gasteiger charge is 2.52. The second kappa shape index (κ2) is 4.15. The molecule has 5 heteroatoms. The summed E-state index contributed by atoms with van der Waals surface area (Å²) in [4.78, 5) is 0. The van der Waals surface area contributed by atoms with Crippen LogP contribution in [0.15, 0.2) is 12.1 Å². The minimum absolute atomic E-state index is 0.0782. The highest BCUT2D eigenvalue weighted by molar-refractivity contribution is 6.63. The van der Waals surface area contributed by atoms with Gasteiger partial charge in [-0.2, -0.15) is 0 Å². The van der Waals surface area contributed by atoms with Crippen molar-refractivity contribution in [3.05, 3.63) is 22.7 Å². The van der Waals surface area contributed by atoms with Crippen LogP contribution in [0.4, 0.5) is 0 Å². The minimum atomic E-state index is -0.451. The molecule has 1 aromatic rings. The van der Waals surface area contributed by atoms with Gasteiger partial charge in [0.25, 0.3) is 0 Å². The van der Waals surface area contributed by atoms with Crippen LogP contribution in [0, 0.1) is 6.92 Å². The van der Waals surface area contributed by atoms with Crippen LogP contribution >= 0.6 is 11.6 Å². The van der Waals surface area contributed by atoms with Crippen molar-refractivity contribution >= 4 is 24.2 Å². The molecule has 2 rings (SSSR count). The van der Waals surface area contributed by atoms with E-state index in [1.165, 1.54) is 0 Å². The van der Waals surface area contributed by atoms with Gasteiger partial charge in [-0.3, -0.25) is 0 Å². The SMILES string of the molecule is Cc1cc(O)c(Cl)cc1B1OC(C)(C)C(C)(C)O1. The number of aromatic hydroxyl groups is 1. The van der Waals surface area contributed by atoms with Crippen LogP contribution in [0.5, 0.6) is 5.75 Å². The predicted octanol–water partition coefficient (Wildman–Crippen LogP) is 2.65. The first-order valence-electron chi connectivity index (χ1n) is 5.99. The molecule has 1 N–H and O–H groups in total. The normalized spacial score (nSPS) is 21.3. The predicted molar refractivity (Wildman–Crippen MR) is 73.6 cm³/mol. The van der Waals surface area contributed by atoms with Gasteiger partial charge in [0.05, 0.1) is 16.2 Å². The van der Waals surface area contributed by atoms with Crippen molar-refractivity contribution in [3.63, 3.8) is 0 Å². The van der Waals surface area contributed by atoms with E-state index in [0.717, 1.165) is 11.0 Å². The molecule has 18 heavy (non-hydrogen) atoms. The summed E-state index contributed by atoms with van der Waals surface area (Å²) in [5.41, 5.74) is 0.995. The molecule has 1 aromatic carbocycles. The molecule has 0 aliphatic carbocycles. The lowest BCUT2D eigenvalue weighted by Gasteiger charge is -2.32. The van der Waals surface area contributed by atoms with Gasteiger partial charge in [0, 0.05) is 0 Å². The Morgan fingerprint density at radius 1 is 1.11 bits per heavy atom. The number of halogens is 1. The van der Waals surface area contributed by atoms with E-state index >= 15 is 0 Å². The molecule has 0 atom stereocenters. The molecule has 3 nitrogen and oxygen atoms in total. The number of hydrogen-bond acceptors (Lipinski definition) is 3. The van der Waals surface area contributed by atoms with Crippen LogP contribution in [0.1, 0.15) is 33.3 Å². The Labute approximate surface area is 113 Å². The zero-order valence-corrected chi connectivity index (χ0v) is 12.1. The van der Waals surface area contributed by atoms with E-state index in [1.807, 2.05) is 34.6 Å². The summed E-state index contributed by atoms with van der Waals surface area (Å²) in [5, 5.41) is 9.87. The first-order chi connectivity index (χ1) is 8.14. The van der Waals surface area contributed by atoms with Crippen LogP contribution in [-0.2, 0) is 9.31 Å². The van der Waals surface area contributed by atoms with E-state index < -0.39 is 7.12 Å². The molecule has 0 unspecified atom stereocenters.